The maximum absolute atomic E-state index is 13.2. The molecule has 0 bridgehead atoms. The number of anilines is 1. The summed E-state index contributed by atoms with van der Waals surface area (Å²) in [5, 5.41) is 10.5. The highest BCUT2D eigenvalue weighted by atomic mass is 35.5. The summed E-state index contributed by atoms with van der Waals surface area (Å²) in [5.41, 5.74) is 0.746. The average Bonchev–Trinajstić information content (AvgIpc) is 3.14. The summed E-state index contributed by atoms with van der Waals surface area (Å²) in [6.45, 7) is -0.418. The lowest BCUT2D eigenvalue weighted by atomic mass is 10.1. The van der Waals surface area contributed by atoms with Crippen molar-refractivity contribution in [2.24, 2.45) is 0 Å². The first-order valence-electron chi connectivity index (χ1n) is 8.36. The van der Waals surface area contributed by atoms with Gasteiger partial charge in [-0.05, 0) is 36.4 Å². The number of carboxylic acids is 1. The highest BCUT2D eigenvalue weighted by Gasteiger charge is 2.38. The average molecular weight is 436 g/mol. The number of hydrogen-bond acceptors (Lipinski definition) is 3. The van der Waals surface area contributed by atoms with Crippen LogP contribution in [0.5, 0.6) is 0 Å². The number of aromatic amines is 1. The van der Waals surface area contributed by atoms with Crippen molar-refractivity contribution in [1.82, 2.24) is 9.88 Å². The van der Waals surface area contributed by atoms with Gasteiger partial charge in [0.05, 0.1) is 17.3 Å². The number of carbonyl (C=O) groups excluding carboxylic acids is 2. The van der Waals surface area contributed by atoms with Gasteiger partial charge in [-0.25, -0.2) is 18.9 Å². The van der Waals surface area contributed by atoms with Crippen molar-refractivity contribution in [2.45, 2.75) is 6.54 Å². The molecule has 4 rings (SSSR count). The molecule has 0 saturated carbocycles. The molecule has 2 heterocycles. The summed E-state index contributed by atoms with van der Waals surface area (Å²) >= 11 is 12.2. The molecular formula is C19H12Cl2FN3O4. The molecule has 0 radical (unpaired) electrons. The molecule has 1 saturated heterocycles. The quantitative estimate of drug-likeness (QED) is 0.597. The van der Waals surface area contributed by atoms with Crippen LogP contribution in [-0.2, 0) is 11.3 Å². The number of amides is 3. The predicted octanol–water partition coefficient (Wildman–Crippen LogP) is 4.28. The Morgan fingerprint density at radius 2 is 1.86 bits per heavy atom. The first kappa shape index (κ1) is 19.2. The molecule has 1 fully saturated rings. The summed E-state index contributed by atoms with van der Waals surface area (Å²) in [6, 6.07) is 7.28. The van der Waals surface area contributed by atoms with Crippen LogP contribution in [0.1, 0.15) is 16.1 Å². The normalized spacial score (nSPS) is 14.3. The Bertz CT molecular complexity index is 1180. The van der Waals surface area contributed by atoms with Crippen molar-refractivity contribution < 1.29 is 23.9 Å². The maximum atomic E-state index is 13.2. The third-order valence-corrected chi connectivity index (χ3v) is 5.12. The largest absolute Gasteiger partial charge is 0.477 e. The Balaban J connectivity index is 1.73. The highest BCUT2D eigenvalue weighted by molar-refractivity contribution is 6.39. The van der Waals surface area contributed by atoms with Crippen LogP contribution in [-0.4, -0.2) is 39.4 Å². The number of imide groups is 1. The van der Waals surface area contributed by atoms with Crippen molar-refractivity contribution >= 4 is 57.7 Å². The van der Waals surface area contributed by atoms with E-state index in [-0.39, 0.29) is 35.1 Å². The topological polar surface area (TPSA) is 93.7 Å². The molecule has 0 spiro atoms. The predicted molar refractivity (Wildman–Crippen MR) is 105 cm³/mol. The van der Waals surface area contributed by atoms with Gasteiger partial charge in [0.1, 0.15) is 18.1 Å². The molecule has 2 N–H and O–H groups in total. The SMILES string of the molecule is O=C(O)c1[nH]c2cc(Cl)cc(Cl)c2c1CN1CC(=O)N(c2ccc(F)cc2)C1=O. The first-order valence-corrected chi connectivity index (χ1v) is 9.12. The smallest absolute Gasteiger partial charge is 0.352 e. The molecule has 1 aliphatic rings. The fraction of sp³-hybridized carbons (Fsp3) is 0.105. The van der Waals surface area contributed by atoms with Crippen LogP contribution in [0.4, 0.5) is 14.9 Å². The van der Waals surface area contributed by atoms with Gasteiger partial charge >= 0.3 is 12.0 Å². The Labute approximate surface area is 173 Å². The number of benzene rings is 2. The number of nitrogens with one attached hydrogen (secondary N) is 1. The molecule has 3 amide bonds. The van der Waals surface area contributed by atoms with Gasteiger partial charge in [0.2, 0.25) is 0 Å². The van der Waals surface area contributed by atoms with Crippen LogP contribution in [0.15, 0.2) is 36.4 Å². The second-order valence-electron chi connectivity index (χ2n) is 6.44. The van der Waals surface area contributed by atoms with Crippen LogP contribution in [0, 0.1) is 5.82 Å². The van der Waals surface area contributed by atoms with Crippen LogP contribution in [0.3, 0.4) is 0 Å². The molecular weight excluding hydrogens is 424 g/mol. The Hall–Kier alpha value is -3.10. The Kier molecular flexibility index (Phi) is 4.68. The molecule has 2 aromatic carbocycles. The van der Waals surface area contributed by atoms with E-state index in [1.54, 1.807) is 0 Å². The molecule has 148 valence electrons. The van der Waals surface area contributed by atoms with E-state index in [2.05, 4.69) is 4.98 Å². The van der Waals surface area contributed by atoms with Gasteiger partial charge < -0.3 is 15.0 Å². The molecule has 7 nitrogen and oxygen atoms in total. The van der Waals surface area contributed by atoms with Gasteiger partial charge in [0.15, 0.2) is 0 Å². The standard InChI is InChI=1S/C19H12Cl2FN3O4/c20-9-5-13(21)16-12(17(18(27)28)23-14(16)6-9)7-24-8-15(26)25(19(24)29)11-3-1-10(22)2-4-11/h1-6,23H,7-8H2,(H,27,28). The van der Waals surface area contributed by atoms with Gasteiger partial charge in [-0.15, -0.1) is 0 Å². The maximum Gasteiger partial charge on any atom is 0.352 e. The van der Waals surface area contributed by atoms with Gasteiger partial charge in [-0.2, -0.15) is 0 Å². The van der Waals surface area contributed by atoms with E-state index in [1.807, 2.05) is 0 Å². The second-order valence-corrected chi connectivity index (χ2v) is 7.28. The zero-order valence-electron chi connectivity index (χ0n) is 14.6. The summed E-state index contributed by atoms with van der Waals surface area (Å²) in [6.07, 6.45) is 0. The number of H-pyrrole nitrogens is 1. The number of aromatic nitrogens is 1. The van der Waals surface area contributed by atoms with Gasteiger partial charge in [0.25, 0.3) is 5.91 Å². The molecule has 3 aromatic rings. The van der Waals surface area contributed by atoms with Crippen LogP contribution in [0.2, 0.25) is 10.0 Å². The zero-order chi connectivity index (χ0) is 20.9. The number of urea groups is 1. The van der Waals surface area contributed by atoms with E-state index in [0.29, 0.717) is 15.9 Å². The number of rotatable bonds is 4. The number of nitrogens with zero attached hydrogens (tertiary/aromatic N) is 2. The number of fused-ring (bicyclic) bond motifs is 1. The Morgan fingerprint density at radius 3 is 2.52 bits per heavy atom. The minimum absolute atomic E-state index is 0.148. The molecule has 0 atom stereocenters. The fourth-order valence-corrected chi connectivity index (χ4v) is 3.97. The third kappa shape index (κ3) is 3.30. The van der Waals surface area contributed by atoms with E-state index >= 15 is 0 Å². The van der Waals surface area contributed by atoms with Crippen LogP contribution < -0.4 is 4.90 Å². The van der Waals surface area contributed by atoms with Crippen molar-refractivity contribution in [3.05, 3.63) is 63.5 Å². The number of aromatic carboxylic acids is 1. The Morgan fingerprint density at radius 1 is 1.17 bits per heavy atom. The first-order chi connectivity index (χ1) is 13.8. The van der Waals surface area contributed by atoms with E-state index in [9.17, 15) is 23.9 Å². The summed E-state index contributed by atoms with van der Waals surface area (Å²) in [7, 11) is 0. The van der Waals surface area contributed by atoms with Crippen LogP contribution in [0.25, 0.3) is 10.9 Å². The summed E-state index contributed by atoms with van der Waals surface area (Å²) in [5.74, 6) is -2.24. The second kappa shape index (κ2) is 7.06. The monoisotopic (exact) mass is 435 g/mol. The summed E-state index contributed by atoms with van der Waals surface area (Å²) < 4.78 is 13.2. The van der Waals surface area contributed by atoms with Gasteiger partial charge in [-0.1, -0.05) is 23.2 Å². The number of hydrogen-bond donors (Lipinski definition) is 2. The van der Waals surface area contributed by atoms with Crippen molar-refractivity contribution in [2.75, 3.05) is 11.4 Å². The minimum Gasteiger partial charge on any atom is -0.477 e. The van der Waals surface area contributed by atoms with E-state index in [0.717, 1.165) is 17.0 Å². The number of carboxylic acid groups (broad SMARTS) is 1. The van der Waals surface area contributed by atoms with Crippen LogP contribution >= 0.6 is 23.2 Å². The van der Waals surface area contributed by atoms with Crippen molar-refractivity contribution in [3.8, 4) is 0 Å². The minimum atomic E-state index is -1.24. The third-order valence-electron chi connectivity index (χ3n) is 4.60. The highest BCUT2D eigenvalue weighted by Crippen LogP contribution is 2.34. The fourth-order valence-electron chi connectivity index (χ4n) is 3.36. The van der Waals surface area contributed by atoms with Crippen molar-refractivity contribution in [3.63, 3.8) is 0 Å². The zero-order valence-corrected chi connectivity index (χ0v) is 16.1. The van der Waals surface area contributed by atoms with E-state index in [1.165, 1.54) is 29.2 Å². The molecule has 1 aliphatic heterocycles. The molecule has 0 unspecified atom stereocenters. The lowest BCUT2D eigenvalue weighted by Gasteiger charge is -2.17. The van der Waals surface area contributed by atoms with Gasteiger partial charge in [0, 0.05) is 21.5 Å². The molecule has 0 aliphatic carbocycles. The van der Waals surface area contributed by atoms with Crippen molar-refractivity contribution in [1.29, 1.82) is 0 Å². The van der Waals surface area contributed by atoms with Gasteiger partial charge in [-0.3, -0.25) is 4.79 Å². The summed E-state index contributed by atoms with van der Waals surface area (Å²) in [4.78, 5) is 41.8. The number of carbonyl (C=O) groups is 3. The lowest BCUT2D eigenvalue weighted by molar-refractivity contribution is -0.116. The van der Waals surface area contributed by atoms with E-state index < -0.39 is 23.7 Å². The lowest BCUT2D eigenvalue weighted by Crippen LogP contribution is -2.33. The van der Waals surface area contributed by atoms with E-state index in [4.69, 9.17) is 23.2 Å². The molecule has 29 heavy (non-hydrogen) atoms. The number of halogens is 3. The molecule has 1 aromatic heterocycles. The molecule has 10 heteroatoms.